The van der Waals surface area contributed by atoms with E-state index in [1.54, 1.807) is 18.2 Å². The quantitative estimate of drug-likeness (QED) is 0.613. The van der Waals surface area contributed by atoms with E-state index in [0.717, 1.165) is 11.3 Å². The fourth-order valence-electron chi connectivity index (χ4n) is 2.76. The zero-order chi connectivity index (χ0) is 21.7. The molecule has 0 bridgehead atoms. The van der Waals surface area contributed by atoms with Gasteiger partial charge in [-0.05, 0) is 30.3 Å². The first-order valence-corrected chi connectivity index (χ1v) is 11.5. The number of nitrogens with one attached hydrogen (secondary N) is 2. The first kappa shape index (κ1) is 22.5. The number of halogens is 1. The van der Waals surface area contributed by atoms with E-state index in [0.29, 0.717) is 42.0 Å². The van der Waals surface area contributed by atoms with Gasteiger partial charge >= 0.3 is 0 Å². The van der Waals surface area contributed by atoms with E-state index in [1.807, 2.05) is 0 Å². The molecule has 0 unspecified atom stereocenters. The van der Waals surface area contributed by atoms with Crippen molar-refractivity contribution in [3.05, 3.63) is 45.8 Å². The van der Waals surface area contributed by atoms with Gasteiger partial charge in [-0.3, -0.25) is 20.4 Å². The molecular weight excluding hydrogens is 454 g/mol. The minimum absolute atomic E-state index is 0.0870. The number of carbonyl (C=O) groups is 2. The highest BCUT2D eigenvalue weighted by Crippen LogP contribution is 2.26. The van der Waals surface area contributed by atoms with Crippen LogP contribution in [0.1, 0.15) is 15.2 Å². The Morgan fingerprint density at radius 3 is 2.63 bits per heavy atom. The molecule has 12 heteroatoms. The van der Waals surface area contributed by atoms with Gasteiger partial charge in [-0.25, -0.2) is 8.42 Å². The van der Waals surface area contributed by atoms with E-state index < -0.39 is 21.8 Å². The number of benzene rings is 1. The van der Waals surface area contributed by atoms with Gasteiger partial charge in [0.15, 0.2) is 0 Å². The van der Waals surface area contributed by atoms with Crippen molar-refractivity contribution < 1.29 is 27.5 Å². The lowest BCUT2D eigenvalue weighted by molar-refractivity contribution is -0.121. The Labute approximate surface area is 182 Å². The van der Waals surface area contributed by atoms with Crippen LogP contribution in [0.5, 0.6) is 5.75 Å². The molecule has 1 aromatic carbocycles. The molecule has 30 heavy (non-hydrogen) atoms. The second kappa shape index (κ2) is 9.75. The summed E-state index contributed by atoms with van der Waals surface area (Å²) >= 11 is 6.92. The van der Waals surface area contributed by atoms with Gasteiger partial charge < -0.3 is 9.47 Å². The van der Waals surface area contributed by atoms with Crippen molar-refractivity contribution >= 4 is 44.8 Å². The molecule has 2 aromatic rings. The predicted octanol–water partition coefficient (Wildman–Crippen LogP) is 1.43. The lowest BCUT2D eigenvalue weighted by atomic mass is 10.2. The van der Waals surface area contributed by atoms with Crippen molar-refractivity contribution in [1.29, 1.82) is 0 Å². The summed E-state index contributed by atoms with van der Waals surface area (Å²) in [4.78, 5) is 25.0. The Bertz CT molecular complexity index is 1030. The monoisotopic (exact) mass is 473 g/mol. The van der Waals surface area contributed by atoms with Crippen LogP contribution >= 0.6 is 22.9 Å². The fourth-order valence-corrected chi connectivity index (χ4v) is 5.85. The van der Waals surface area contributed by atoms with Crippen LogP contribution in [0.3, 0.4) is 0 Å². The lowest BCUT2D eigenvalue weighted by Gasteiger charge is -2.25. The second-order valence-corrected chi connectivity index (χ2v) is 10.0. The Hall–Kier alpha value is -2.18. The molecule has 1 fully saturated rings. The van der Waals surface area contributed by atoms with Crippen LogP contribution in [0.4, 0.5) is 0 Å². The van der Waals surface area contributed by atoms with Crippen LogP contribution in [-0.2, 0) is 26.0 Å². The smallest absolute Gasteiger partial charge is 0.273 e. The molecule has 0 atom stereocenters. The van der Waals surface area contributed by atoms with Gasteiger partial charge in [-0.15, -0.1) is 11.3 Å². The first-order valence-electron chi connectivity index (χ1n) is 8.90. The van der Waals surface area contributed by atoms with E-state index in [9.17, 15) is 18.0 Å². The zero-order valence-electron chi connectivity index (χ0n) is 16.0. The van der Waals surface area contributed by atoms with Crippen molar-refractivity contribution in [2.75, 3.05) is 33.4 Å². The van der Waals surface area contributed by atoms with Crippen molar-refractivity contribution in [3.8, 4) is 5.75 Å². The largest absolute Gasteiger partial charge is 0.496 e. The standard InChI is InChI=1S/C18H20ClN3O6S2/c1-27-15-4-2-12(19)10-14(15)18(24)21-20-16(23)11-13-3-5-17(29-13)30(25,26)22-6-8-28-9-7-22/h2-5,10H,6-9,11H2,1H3,(H,20,23)(H,21,24). The van der Waals surface area contributed by atoms with Crippen LogP contribution in [-0.4, -0.2) is 58.0 Å². The number of rotatable bonds is 6. The molecule has 1 saturated heterocycles. The number of hydrogen-bond donors (Lipinski definition) is 2. The normalized spacial score (nSPS) is 14.9. The highest BCUT2D eigenvalue weighted by Gasteiger charge is 2.28. The molecule has 0 saturated carbocycles. The molecule has 0 aliphatic carbocycles. The molecule has 1 aliphatic rings. The summed E-state index contributed by atoms with van der Waals surface area (Å²) in [6.07, 6.45) is -0.0870. The zero-order valence-corrected chi connectivity index (χ0v) is 18.4. The van der Waals surface area contributed by atoms with Gasteiger partial charge in [0.05, 0.1) is 32.3 Å². The summed E-state index contributed by atoms with van der Waals surface area (Å²) in [5.41, 5.74) is 4.77. The number of sulfonamides is 1. The fraction of sp³-hybridized carbons (Fsp3) is 0.333. The maximum absolute atomic E-state index is 12.6. The minimum atomic E-state index is -3.61. The van der Waals surface area contributed by atoms with Crippen molar-refractivity contribution in [3.63, 3.8) is 0 Å². The molecule has 0 radical (unpaired) electrons. The van der Waals surface area contributed by atoms with E-state index in [1.165, 1.54) is 23.5 Å². The Balaban J connectivity index is 1.58. The molecule has 2 N–H and O–H groups in total. The minimum Gasteiger partial charge on any atom is -0.496 e. The summed E-state index contributed by atoms with van der Waals surface area (Å²) in [6, 6.07) is 7.60. The molecule has 1 aliphatic heterocycles. The van der Waals surface area contributed by atoms with E-state index in [4.69, 9.17) is 21.1 Å². The summed E-state index contributed by atoms with van der Waals surface area (Å²) in [6.45, 7) is 1.32. The number of morpholine rings is 1. The molecule has 0 spiro atoms. The SMILES string of the molecule is COc1ccc(Cl)cc1C(=O)NNC(=O)Cc1ccc(S(=O)(=O)N2CCOCC2)s1. The highest BCUT2D eigenvalue weighted by molar-refractivity contribution is 7.91. The van der Waals surface area contributed by atoms with Crippen LogP contribution in [0.25, 0.3) is 0 Å². The van der Waals surface area contributed by atoms with E-state index in [-0.39, 0.29) is 16.2 Å². The van der Waals surface area contributed by atoms with Gasteiger partial charge in [-0.1, -0.05) is 11.6 Å². The van der Waals surface area contributed by atoms with Crippen LogP contribution in [0, 0.1) is 0 Å². The molecule has 1 aromatic heterocycles. The van der Waals surface area contributed by atoms with Crippen LogP contribution in [0.2, 0.25) is 5.02 Å². The topological polar surface area (TPSA) is 114 Å². The predicted molar refractivity (Wildman–Crippen MR) is 111 cm³/mol. The summed E-state index contributed by atoms with van der Waals surface area (Å²) in [7, 11) is -2.19. The molecule has 162 valence electrons. The maximum atomic E-state index is 12.6. The van der Waals surface area contributed by atoms with Crippen molar-refractivity contribution in [2.45, 2.75) is 10.6 Å². The Kier molecular flexibility index (Phi) is 7.32. The van der Waals surface area contributed by atoms with Gasteiger partial charge in [0.2, 0.25) is 5.91 Å². The molecule has 3 rings (SSSR count). The van der Waals surface area contributed by atoms with Crippen molar-refractivity contribution in [2.24, 2.45) is 0 Å². The molecular formula is C18H20ClN3O6S2. The number of methoxy groups -OCH3 is 1. The lowest BCUT2D eigenvalue weighted by Crippen LogP contribution is -2.42. The van der Waals surface area contributed by atoms with Crippen molar-refractivity contribution in [1.82, 2.24) is 15.2 Å². The Morgan fingerprint density at radius 1 is 1.20 bits per heavy atom. The third kappa shape index (κ3) is 5.29. The van der Waals surface area contributed by atoms with Gasteiger partial charge in [0.1, 0.15) is 9.96 Å². The number of ether oxygens (including phenoxy) is 2. The van der Waals surface area contributed by atoms with E-state index in [2.05, 4.69) is 10.9 Å². The molecule has 2 amide bonds. The maximum Gasteiger partial charge on any atom is 0.273 e. The number of hydrogen-bond acceptors (Lipinski definition) is 7. The van der Waals surface area contributed by atoms with Crippen LogP contribution < -0.4 is 15.6 Å². The van der Waals surface area contributed by atoms with Gasteiger partial charge in [0, 0.05) is 23.0 Å². The second-order valence-electron chi connectivity index (χ2n) is 6.26. The van der Waals surface area contributed by atoms with Gasteiger partial charge in [0.25, 0.3) is 15.9 Å². The van der Waals surface area contributed by atoms with Gasteiger partial charge in [-0.2, -0.15) is 4.31 Å². The summed E-state index contributed by atoms with van der Waals surface area (Å²) in [5, 5.41) is 0.347. The third-order valence-electron chi connectivity index (χ3n) is 4.26. The number of hydrazine groups is 1. The first-order chi connectivity index (χ1) is 14.3. The third-order valence-corrected chi connectivity index (χ3v) is 7.94. The molecule has 2 heterocycles. The molecule has 9 nitrogen and oxygen atoms in total. The number of thiophene rings is 1. The Morgan fingerprint density at radius 2 is 1.93 bits per heavy atom. The number of carbonyl (C=O) groups excluding carboxylic acids is 2. The summed E-state index contributed by atoms with van der Waals surface area (Å²) in [5.74, 6) is -0.784. The average molecular weight is 474 g/mol. The highest BCUT2D eigenvalue weighted by atomic mass is 35.5. The van der Waals surface area contributed by atoms with E-state index >= 15 is 0 Å². The number of amides is 2. The summed E-state index contributed by atoms with van der Waals surface area (Å²) < 4.78 is 37.1. The average Bonchev–Trinajstić information content (AvgIpc) is 3.22. The number of nitrogens with zero attached hydrogens (tertiary/aromatic N) is 1. The van der Waals surface area contributed by atoms with Crippen LogP contribution in [0.15, 0.2) is 34.5 Å².